The predicted octanol–water partition coefficient (Wildman–Crippen LogP) is -2.41. The summed E-state index contributed by atoms with van der Waals surface area (Å²) in [4.78, 5) is 53.4. The summed E-state index contributed by atoms with van der Waals surface area (Å²) in [6, 6.07) is -0.285. The lowest BCUT2D eigenvalue weighted by Crippen LogP contribution is -2.51. The van der Waals surface area contributed by atoms with Gasteiger partial charge < -0.3 is 40.2 Å². The molecule has 0 aliphatic rings. The molecule has 0 aromatic rings. The third-order valence-electron chi connectivity index (χ3n) is 6.01. The number of aliphatic carboxylic acids is 1. The number of aliphatic hydroxyl groups excluding tert-OH is 2. The summed E-state index contributed by atoms with van der Waals surface area (Å²) in [5.74, 6) is -1.84. The Bertz CT molecular complexity index is 731. The second kappa shape index (κ2) is 25.3. The Morgan fingerprint density at radius 1 is 0.756 bits per heavy atom. The van der Waals surface area contributed by atoms with Crippen LogP contribution in [0.4, 0.5) is 0 Å². The average Bonchev–Trinajstić information content (AvgIpc) is 2.92. The molecule has 1 atom stereocenters. The number of carboxylic acids is 1. The van der Waals surface area contributed by atoms with E-state index in [0.717, 1.165) is 0 Å². The van der Waals surface area contributed by atoms with Crippen molar-refractivity contribution in [3.63, 3.8) is 0 Å². The minimum absolute atomic E-state index is 0.0609. The maximum Gasteiger partial charge on any atom is 0.317 e. The minimum atomic E-state index is -1.00. The lowest BCUT2D eigenvalue weighted by Gasteiger charge is -2.35. The fourth-order valence-corrected chi connectivity index (χ4v) is 3.94. The molecule has 0 aromatic heterocycles. The number of carboxylic acid groups (broad SMARTS) is 1. The first-order valence-electron chi connectivity index (χ1n) is 14.1. The van der Waals surface area contributed by atoms with Gasteiger partial charge in [0.25, 0.3) is 0 Å². The maximum atomic E-state index is 12.6. The van der Waals surface area contributed by atoms with Crippen LogP contribution in [0.15, 0.2) is 0 Å². The van der Waals surface area contributed by atoms with Crippen LogP contribution >= 0.6 is 0 Å². The molecule has 41 heavy (non-hydrogen) atoms. The van der Waals surface area contributed by atoms with Crippen LogP contribution in [-0.2, 0) is 33.4 Å². The molecule has 0 aromatic carbocycles. The molecule has 1 unspecified atom stereocenters. The molecule has 0 saturated carbocycles. The Balaban J connectivity index is 5.22. The van der Waals surface area contributed by atoms with E-state index in [2.05, 4.69) is 10.6 Å². The molecule has 0 radical (unpaired) electrons. The molecular formula is C26H51N5O10. The summed E-state index contributed by atoms with van der Waals surface area (Å²) in [6.45, 7) is 8.78. The summed E-state index contributed by atoms with van der Waals surface area (Å²) in [5.41, 5.74) is 0. The van der Waals surface area contributed by atoms with Crippen LogP contribution in [-0.4, -0.2) is 172 Å². The SMILES string of the molecule is CCN(CCN(CC(=O)O)CC(CCOC(C)=O)N(CC)CC(=O)NCCOCCO)CC(=O)NCCOCCO. The third-order valence-corrected chi connectivity index (χ3v) is 6.01. The van der Waals surface area contributed by atoms with Crippen molar-refractivity contribution in [2.45, 2.75) is 33.2 Å². The monoisotopic (exact) mass is 593 g/mol. The van der Waals surface area contributed by atoms with E-state index >= 15 is 0 Å². The molecule has 0 spiro atoms. The van der Waals surface area contributed by atoms with E-state index in [1.165, 1.54) is 6.92 Å². The minimum Gasteiger partial charge on any atom is -0.480 e. The Morgan fingerprint density at radius 2 is 1.32 bits per heavy atom. The molecule has 0 fully saturated rings. The van der Waals surface area contributed by atoms with E-state index in [0.29, 0.717) is 52.3 Å². The molecule has 2 amide bonds. The van der Waals surface area contributed by atoms with Crippen molar-refractivity contribution in [3.8, 4) is 0 Å². The van der Waals surface area contributed by atoms with Crippen molar-refractivity contribution in [1.82, 2.24) is 25.3 Å². The number of hydrogen-bond donors (Lipinski definition) is 5. The summed E-state index contributed by atoms with van der Waals surface area (Å²) in [7, 11) is 0. The van der Waals surface area contributed by atoms with Gasteiger partial charge in [-0.15, -0.1) is 0 Å². The Labute approximate surface area is 243 Å². The molecule has 15 heteroatoms. The number of carbonyl (C=O) groups excluding carboxylic acids is 3. The fourth-order valence-electron chi connectivity index (χ4n) is 3.94. The van der Waals surface area contributed by atoms with E-state index < -0.39 is 11.9 Å². The number of amides is 2. The Hall–Kier alpha value is -2.40. The van der Waals surface area contributed by atoms with Crippen LogP contribution in [0.2, 0.25) is 0 Å². The number of aliphatic hydroxyl groups is 2. The third kappa shape index (κ3) is 21.9. The van der Waals surface area contributed by atoms with E-state index in [1.807, 2.05) is 23.6 Å². The van der Waals surface area contributed by atoms with E-state index in [4.69, 9.17) is 24.4 Å². The van der Waals surface area contributed by atoms with Gasteiger partial charge in [0.05, 0.1) is 65.9 Å². The molecule has 0 heterocycles. The van der Waals surface area contributed by atoms with Gasteiger partial charge in [-0.25, -0.2) is 0 Å². The average molecular weight is 594 g/mol. The van der Waals surface area contributed by atoms with Crippen molar-refractivity contribution in [2.75, 3.05) is 112 Å². The van der Waals surface area contributed by atoms with Gasteiger partial charge in [0, 0.05) is 45.7 Å². The predicted molar refractivity (Wildman–Crippen MR) is 150 cm³/mol. The number of carbonyl (C=O) groups is 4. The van der Waals surface area contributed by atoms with Crippen LogP contribution in [0, 0.1) is 0 Å². The summed E-state index contributed by atoms with van der Waals surface area (Å²) in [5, 5.41) is 32.6. The topological polar surface area (TPSA) is 190 Å². The van der Waals surface area contributed by atoms with Gasteiger partial charge >= 0.3 is 11.9 Å². The summed E-state index contributed by atoms with van der Waals surface area (Å²) in [6.07, 6.45) is 0.398. The highest BCUT2D eigenvalue weighted by Gasteiger charge is 2.24. The molecule has 15 nitrogen and oxygen atoms in total. The quantitative estimate of drug-likeness (QED) is 0.0500. The number of hydrogen-bond acceptors (Lipinski definition) is 12. The highest BCUT2D eigenvalue weighted by molar-refractivity contribution is 5.78. The van der Waals surface area contributed by atoms with Crippen molar-refractivity contribution < 1.29 is 48.7 Å². The first kappa shape index (κ1) is 38.6. The van der Waals surface area contributed by atoms with Crippen LogP contribution in [0.1, 0.15) is 27.2 Å². The molecule has 0 bridgehead atoms. The van der Waals surface area contributed by atoms with Gasteiger partial charge in [0.2, 0.25) is 11.8 Å². The van der Waals surface area contributed by atoms with Crippen molar-refractivity contribution in [1.29, 1.82) is 0 Å². The molecule has 240 valence electrons. The van der Waals surface area contributed by atoms with Gasteiger partial charge in [-0.2, -0.15) is 0 Å². The summed E-state index contributed by atoms with van der Waals surface area (Å²) < 4.78 is 15.4. The van der Waals surface area contributed by atoms with Crippen LogP contribution in [0.25, 0.3) is 0 Å². The van der Waals surface area contributed by atoms with Crippen LogP contribution in [0.3, 0.4) is 0 Å². The van der Waals surface area contributed by atoms with Crippen molar-refractivity contribution in [3.05, 3.63) is 0 Å². The molecule has 5 N–H and O–H groups in total. The highest BCUT2D eigenvalue weighted by atomic mass is 16.5. The van der Waals surface area contributed by atoms with Gasteiger partial charge in [0.15, 0.2) is 0 Å². The number of nitrogens with zero attached hydrogens (tertiary/aromatic N) is 3. The van der Waals surface area contributed by atoms with Gasteiger partial charge in [0.1, 0.15) is 0 Å². The van der Waals surface area contributed by atoms with Gasteiger partial charge in [-0.05, 0) is 19.5 Å². The zero-order chi connectivity index (χ0) is 30.9. The molecular weight excluding hydrogens is 542 g/mol. The second-order valence-electron chi connectivity index (χ2n) is 9.22. The molecule has 0 aliphatic heterocycles. The second-order valence-corrected chi connectivity index (χ2v) is 9.22. The number of nitrogens with one attached hydrogen (secondary N) is 2. The summed E-state index contributed by atoms with van der Waals surface area (Å²) >= 11 is 0. The highest BCUT2D eigenvalue weighted by Crippen LogP contribution is 2.09. The van der Waals surface area contributed by atoms with Gasteiger partial charge in [-0.3, -0.25) is 33.9 Å². The standard InChI is InChI=1S/C26H51N5O10/c1-4-29(19-24(35)27-7-14-39-16-11-32)9-10-30(21-26(37)38)18-23(6-13-41-22(3)34)31(5-2)20-25(36)28-8-15-40-17-12-33/h23,32-33H,4-21H2,1-3H3,(H,27,35)(H,28,36)(H,37,38). The van der Waals surface area contributed by atoms with Crippen molar-refractivity contribution in [2.24, 2.45) is 0 Å². The normalized spacial score (nSPS) is 12.1. The van der Waals surface area contributed by atoms with Crippen molar-refractivity contribution >= 4 is 23.8 Å². The zero-order valence-corrected chi connectivity index (χ0v) is 24.8. The first-order chi connectivity index (χ1) is 19.7. The maximum absolute atomic E-state index is 12.6. The lowest BCUT2D eigenvalue weighted by atomic mass is 10.1. The van der Waals surface area contributed by atoms with E-state index in [1.54, 1.807) is 4.90 Å². The zero-order valence-electron chi connectivity index (χ0n) is 24.8. The molecule has 0 aliphatic carbocycles. The largest absolute Gasteiger partial charge is 0.480 e. The molecule has 0 saturated heterocycles. The van der Waals surface area contributed by atoms with E-state index in [-0.39, 0.29) is 83.7 Å². The smallest absolute Gasteiger partial charge is 0.317 e. The number of esters is 1. The number of rotatable bonds is 27. The fraction of sp³-hybridized carbons (Fsp3) is 0.846. The van der Waals surface area contributed by atoms with Crippen LogP contribution < -0.4 is 10.6 Å². The lowest BCUT2D eigenvalue weighted by molar-refractivity contribution is -0.141. The van der Waals surface area contributed by atoms with E-state index in [9.17, 15) is 24.3 Å². The van der Waals surface area contributed by atoms with Gasteiger partial charge in [-0.1, -0.05) is 13.8 Å². The Kier molecular flexibility index (Phi) is 23.8. The number of likely N-dealkylation sites (N-methyl/N-ethyl adjacent to an activating group) is 2. The van der Waals surface area contributed by atoms with Crippen LogP contribution in [0.5, 0.6) is 0 Å². The molecule has 0 rings (SSSR count). The first-order valence-corrected chi connectivity index (χ1v) is 14.1. The number of ether oxygens (including phenoxy) is 3. The Morgan fingerprint density at radius 3 is 1.80 bits per heavy atom.